The third-order valence-corrected chi connectivity index (χ3v) is 4.16. The van der Waals surface area contributed by atoms with Crippen molar-refractivity contribution in [2.75, 3.05) is 27.2 Å². The molecule has 0 N–H and O–H groups in total. The van der Waals surface area contributed by atoms with Gasteiger partial charge in [-0.3, -0.25) is 0 Å². The van der Waals surface area contributed by atoms with E-state index in [4.69, 9.17) is 4.74 Å². The van der Waals surface area contributed by atoms with Crippen LogP contribution in [0.2, 0.25) is 0 Å². The molecule has 3 nitrogen and oxygen atoms in total. The Bertz CT molecular complexity index is 277. The molecule has 0 spiro atoms. The molecule has 0 radical (unpaired) electrons. The van der Waals surface area contributed by atoms with Gasteiger partial charge in [0.25, 0.3) is 0 Å². The van der Waals surface area contributed by atoms with Crippen LogP contribution in [-0.4, -0.2) is 38.1 Å². The van der Waals surface area contributed by atoms with Gasteiger partial charge in [-0.25, -0.2) is 4.79 Å². The maximum atomic E-state index is 10.8. The van der Waals surface area contributed by atoms with Crippen molar-refractivity contribution < 1.29 is 9.53 Å². The van der Waals surface area contributed by atoms with Gasteiger partial charge in [-0.15, -0.1) is 0 Å². The lowest BCUT2D eigenvalue weighted by atomic mass is 10.0. The van der Waals surface area contributed by atoms with Crippen LogP contribution < -0.4 is 0 Å². The number of hydrogen-bond acceptors (Lipinski definition) is 3. The molecule has 0 saturated carbocycles. The Morgan fingerprint density at radius 1 is 0.783 bits per heavy atom. The van der Waals surface area contributed by atoms with Crippen LogP contribution in [0.15, 0.2) is 12.7 Å². The van der Waals surface area contributed by atoms with Crippen molar-refractivity contribution in [2.45, 2.75) is 83.5 Å². The third-order valence-electron chi connectivity index (χ3n) is 4.16. The second-order valence-corrected chi connectivity index (χ2v) is 6.77. The van der Waals surface area contributed by atoms with Gasteiger partial charge < -0.3 is 9.64 Å². The molecule has 0 aliphatic rings. The largest absolute Gasteiger partial charge is 0.463 e. The topological polar surface area (TPSA) is 29.5 Å². The minimum Gasteiger partial charge on any atom is -0.463 e. The molecule has 136 valence electrons. The first kappa shape index (κ1) is 22.2. The fraction of sp³-hybridized carbons (Fsp3) is 0.850. The molecule has 23 heavy (non-hydrogen) atoms. The highest BCUT2D eigenvalue weighted by molar-refractivity contribution is 5.81. The molecule has 0 aromatic carbocycles. The molecule has 0 fully saturated rings. The van der Waals surface area contributed by atoms with Gasteiger partial charge in [0, 0.05) is 6.08 Å². The van der Waals surface area contributed by atoms with Crippen LogP contribution in [0.4, 0.5) is 0 Å². The predicted molar refractivity (Wildman–Crippen MR) is 99.7 cm³/mol. The molecule has 0 atom stereocenters. The highest BCUT2D eigenvalue weighted by Crippen LogP contribution is 2.12. The summed E-state index contributed by atoms with van der Waals surface area (Å²) in [5.74, 6) is -0.303. The van der Waals surface area contributed by atoms with Gasteiger partial charge >= 0.3 is 5.97 Å². The summed E-state index contributed by atoms with van der Waals surface area (Å²) in [5.41, 5.74) is 0. The van der Waals surface area contributed by atoms with Crippen LogP contribution >= 0.6 is 0 Å². The van der Waals surface area contributed by atoms with E-state index >= 15 is 0 Å². The monoisotopic (exact) mass is 325 g/mol. The summed E-state index contributed by atoms with van der Waals surface area (Å²) in [6.45, 7) is 5.15. The molecular formula is C20H39NO2. The van der Waals surface area contributed by atoms with Gasteiger partial charge in [-0.1, -0.05) is 77.2 Å². The summed E-state index contributed by atoms with van der Waals surface area (Å²) in [5, 5.41) is 0. The standard InChI is InChI=1S/C20H39NO2/c1-4-20(22)23-19-17-15-13-11-9-7-5-6-8-10-12-14-16-18-21(2)3/h4H,1,5-19H2,2-3H3. The molecule has 3 heteroatoms. The highest BCUT2D eigenvalue weighted by atomic mass is 16.5. The number of ether oxygens (including phenoxy) is 1. The zero-order chi connectivity index (χ0) is 17.2. The van der Waals surface area contributed by atoms with E-state index in [9.17, 15) is 4.79 Å². The molecule has 0 aliphatic carbocycles. The Hall–Kier alpha value is -0.830. The lowest BCUT2D eigenvalue weighted by molar-refractivity contribution is -0.137. The maximum Gasteiger partial charge on any atom is 0.330 e. The zero-order valence-electron chi connectivity index (χ0n) is 15.7. The lowest BCUT2D eigenvalue weighted by Crippen LogP contribution is -2.12. The summed E-state index contributed by atoms with van der Waals surface area (Å²) in [6.07, 6.45) is 18.5. The van der Waals surface area contributed by atoms with Crippen molar-refractivity contribution in [1.82, 2.24) is 4.90 Å². The second-order valence-electron chi connectivity index (χ2n) is 6.77. The van der Waals surface area contributed by atoms with E-state index in [2.05, 4.69) is 25.6 Å². The van der Waals surface area contributed by atoms with E-state index in [0.29, 0.717) is 6.61 Å². The molecular weight excluding hydrogens is 286 g/mol. The fourth-order valence-electron chi connectivity index (χ4n) is 2.71. The summed E-state index contributed by atoms with van der Waals surface area (Å²) in [4.78, 5) is 13.1. The van der Waals surface area contributed by atoms with Crippen LogP contribution in [-0.2, 0) is 9.53 Å². The summed E-state index contributed by atoms with van der Waals surface area (Å²) < 4.78 is 4.95. The number of carbonyl (C=O) groups is 1. The quantitative estimate of drug-likeness (QED) is 0.205. The Labute approximate surface area is 144 Å². The minimum absolute atomic E-state index is 0.303. The molecule has 0 rings (SSSR count). The number of hydrogen-bond donors (Lipinski definition) is 0. The maximum absolute atomic E-state index is 10.8. The van der Waals surface area contributed by atoms with Crippen molar-refractivity contribution in [3.8, 4) is 0 Å². The summed E-state index contributed by atoms with van der Waals surface area (Å²) >= 11 is 0. The fourth-order valence-corrected chi connectivity index (χ4v) is 2.71. The average Bonchev–Trinajstić information content (AvgIpc) is 2.53. The molecule has 0 heterocycles. The number of rotatable bonds is 17. The Morgan fingerprint density at radius 2 is 1.17 bits per heavy atom. The van der Waals surface area contributed by atoms with E-state index in [1.165, 1.54) is 83.2 Å². The van der Waals surface area contributed by atoms with Gasteiger partial charge in [-0.05, 0) is 33.5 Å². The lowest BCUT2D eigenvalue weighted by Gasteiger charge is -2.08. The van der Waals surface area contributed by atoms with E-state index in [0.717, 1.165) is 12.8 Å². The zero-order valence-corrected chi connectivity index (χ0v) is 15.7. The predicted octanol–water partition coefficient (Wildman–Crippen LogP) is 5.35. The van der Waals surface area contributed by atoms with Gasteiger partial charge in [-0.2, -0.15) is 0 Å². The van der Waals surface area contributed by atoms with Crippen molar-refractivity contribution in [2.24, 2.45) is 0 Å². The Morgan fingerprint density at radius 3 is 1.57 bits per heavy atom. The summed E-state index contributed by atoms with van der Waals surface area (Å²) in [6, 6.07) is 0. The molecule has 0 unspecified atom stereocenters. The average molecular weight is 326 g/mol. The highest BCUT2D eigenvalue weighted by Gasteiger charge is 1.96. The van der Waals surface area contributed by atoms with Crippen molar-refractivity contribution in [1.29, 1.82) is 0 Å². The molecule has 0 bridgehead atoms. The number of unbranched alkanes of at least 4 members (excludes halogenated alkanes) is 12. The van der Waals surface area contributed by atoms with Crippen molar-refractivity contribution in [3.63, 3.8) is 0 Å². The van der Waals surface area contributed by atoms with Gasteiger partial charge in [0.15, 0.2) is 0 Å². The first-order valence-electron chi connectivity index (χ1n) is 9.60. The van der Waals surface area contributed by atoms with Gasteiger partial charge in [0.05, 0.1) is 6.61 Å². The Balaban J connectivity index is 3.02. The normalized spacial score (nSPS) is 10.9. The SMILES string of the molecule is C=CC(=O)OCCCCCCCCCCCCCCCN(C)C. The second kappa shape index (κ2) is 17.5. The molecule has 0 amide bonds. The third kappa shape index (κ3) is 19.1. The first-order chi connectivity index (χ1) is 11.2. The first-order valence-corrected chi connectivity index (χ1v) is 9.60. The molecule has 0 saturated heterocycles. The Kier molecular flexibility index (Phi) is 16.9. The minimum atomic E-state index is -0.303. The number of esters is 1. The van der Waals surface area contributed by atoms with Crippen LogP contribution in [0.25, 0.3) is 0 Å². The smallest absolute Gasteiger partial charge is 0.330 e. The number of carbonyl (C=O) groups excluding carboxylic acids is 1. The van der Waals surface area contributed by atoms with Crippen LogP contribution in [0.5, 0.6) is 0 Å². The molecule has 0 aliphatic heterocycles. The van der Waals surface area contributed by atoms with Crippen LogP contribution in [0.1, 0.15) is 83.5 Å². The number of nitrogens with zero attached hydrogens (tertiary/aromatic N) is 1. The summed E-state index contributed by atoms with van der Waals surface area (Å²) in [7, 11) is 4.30. The molecule has 0 aromatic rings. The van der Waals surface area contributed by atoms with E-state index in [1.807, 2.05) is 0 Å². The van der Waals surface area contributed by atoms with Gasteiger partial charge in [0.1, 0.15) is 0 Å². The van der Waals surface area contributed by atoms with E-state index in [-0.39, 0.29) is 5.97 Å². The van der Waals surface area contributed by atoms with Gasteiger partial charge in [0.2, 0.25) is 0 Å². The van der Waals surface area contributed by atoms with Crippen LogP contribution in [0.3, 0.4) is 0 Å². The van der Waals surface area contributed by atoms with Crippen molar-refractivity contribution >= 4 is 5.97 Å². The van der Waals surface area contributed by atoms with Crippen LogP contribution in [0, 0.1) is 0 Å². The van der Waals surface area contributed by atoms with Crippen molar-refractivity contribution in [3.05, 3.63) is 12.7 Å². The molecule has 0 aromatic heterocycles. The van der Waals surface area contributed by atoms with E-state index < -0.39 is 0 Å². The van der Waals surface area contributed by atoms with E-state index in [1.54, 1.807) is 0 Å².